The summed E-state index contributed by atoms with van der Waals surface area (Å²) in [6.07, 6.45) is 14.4. The maximum Gasteiger partial charge on any atom is 0.0878 e. The lowest BCUT2D eigenvalue weighted by molar-refractivity contribution is -0.0533. The van der Waals surface area contributed by atoms with Crippen LogP contribution in [-0.4, -0.2) is 22.7 Å². The van der Waals surface area contributed by atoms with E-state index in [0.29, 0.717) is 12.2 Å². The third kappa shape index (κ3) is 6.44. The van der Waals surface area contributed by atoms with Crippen LogP contribution in [0.1, 0.15) is 79.1 Å². The fourth-order valence-electron chi connectivity index (χ4n) is 4.41. The zero-order valence-corrected chi connectivity index (χ0v) is 15.3. The molecule has 2 saturated heterocycles. The second-order valence-corrected chi connectivity index (χ2v) is 9.51. The van der Waals surface area contributed by atoms with E-state index in [1.165, 1.54) is 51.4 Å². The van der Waals surface area contributed by atoms with Gasteiger partial charge < -0.3 is 4.74 Å². The van der Waals surface area contributed by atoms with Crippen molar-refractivity contribution in [1.82, 2.24) is 0 Å². The van der Waals surface area contributed by atoms with E-state index < -0.39 is 0 Å². The molecule has 2 rings (SSSR count). The number of hydrogen-bond donors (Lipinski definition) is 0. The van der Waals surface area contributed by atoms with E-state index in [-0.39, 0.29) is 0 Å². The number of thioether (sulfide) groups is 1. The molecule has 0 aromatic rings. The summed E-state index contributed by atoms with van der Waals surface area (Å²) in [6.45, 7) is 9.28. The molecule has 0 aliphatic carbocycles. The lowest BCUT2D eigenvalue weighted by Gasteiger charge is -2.31. The van der Waals surface area contributed by atoms with Crippen LogP contribution >= 0.6 is 11.8 Å². The van der Waals surface area contributed by atoms with Crippen molar-refractivity contribution in [3.05, 3.63) is 6.42 Å². The summed E-state index contributed by atoms with van der Waals surface area (Å²) >= 11 is 2.19. The van der Waals surface area contributed by atoms with Crippen LogP contribution in [0.25, 0.3) is 0 Å². The van der Waals surface area contributed by atoms with Gasteiger partial charge in [0.05, 0.1) is 31.5 Å². The van der Waals surface area contributed by atoms with Crippen molar-refractivity contribution in [2.45, 2.75) is 102 Å². The summed E-state index contributed by atoms with van der Waals surface area (Å²) in [7, 11) is 0. The zero-order chi connectivity index (χ0) is 15.2. The van der Waals surface area contributed by atoms with E-state index in [4.69, 9.17) is 4.74 Å². The molecule has 122 valence electrons. The molecule has 0 N–H and O–H groups in total. The Kier molecular flexibility index (Phi) is 7.28. The highest BCUT2D eigenvalue weighted by Gasteiger charge is 2.26. The molecule has 21 heavy (non-hydrogen) atoms. The minimum atomic E-state index is 0.474. The first-order valence-corrected chi connectivity index (χ1v) is 10.1. The maximum absolute atomic E-state index is 5.83. The van der Waals surface area contributed by atoms with Crippen molar-refractivity contribution in [3.63, 3.8) is 0 Å². The Morgan fingerprint density at radius 2 is 1.29 bits per heavy atom. The summed E-state index contributed by atoms with van der Waals surface area (Å²) in [4.78, 5) is 0. The number of rotatable bonds is 6. The number of ether oxygens (including phenoxy) is 1. The first-order valence-electron chi connectivity index (χ1n) is 9.15. The van der Waals surface area contributed by atoms with E-state index in [9.17, 15) is 0 Å². The average Bonchev–Trinajstić information content (AvgIpc) is 2.36. The fourth-order valence-corrected chi connectivity index (χ4v) is 5.97. The first-order chi connectivity index (χ1) is 10.0. The van der Waals surface area contributed by atoms with Crippen LogP contribution < -0.4 is 0 Å². The van der Waals surface area contributed by atoms with Gasteiger partial charge in [-0.1, -0.05) is 13.8 Å². The van der Waals surface area contributed by atoms with Crippen LogP contribution in [0.4, 0.5) is 0 Å². The molecule has 0 amide bonds. The van der Waals surface area contributed by atoms with Crippen LogP contribution in [-0.2, 0) is 4.74 Å². The predicted octanol–water partition coefficient (Wildman–Crippen LogP) is 5.87. The van der Waals surface area contributed by atoms with Gasteiger partial charge in [-0.05, 0) is 64.2 Å². The van der Waals surface area contributed by atoms with E-state index >= 15 is 0 Å². The van der Waals surface area contributed by atoms with Gasteiger partial charge in [-0.2, -0.15) is 11.8 Å². The Labute approximate surface area is 137 Å². The van der Waals surface area contributed by atoms with Crippen LogP contribution in [0.5, 0.6) is 0 Å². The molecule has 4 atom stereocenters. The Morgan fingerprint density at radius 1 is 0.810 bits per heavy atom. The molecule has 0 aromatic carbocycles. The first kappa shape index (κ1) is 17.5. The van der Waals surface area contributed by atoms with Crippen LogP contribution in [0.3, 0.4) is 0 Å². The topological polar surface area (TPSA) is 9.23 Å². The zero-order valence-electron chi connectivity index (χ0n) is 14.5. The third-order valence-electron chi connectivity index (χ3n) is 5.15. The monoisotopic (exact) mass is 311 g/mol. The van der Waals surface area contributed by atoms with E-state index in [1.807, 2.05) is 0 Å². The fraction of sp³-hybridized carbons (Fsp3) is 0.947. The van der Waals surface area contributed by atoms with Gasteiger partial charge in [-0.25, -0.2) is 0 Å². The molecule has 0 radical (unpaired) electrons. The molecular formula is C19H35OS+. The van der Waals surface area contributed by atoms with E-state index in [2.05, 4.69) is 45.9 Å². The van der Waals surface area contributed by atoms with Gasteiger partial charge in [0.1, 0.15) is 0 Å². The molecule has 2 aliphatic rings. The molecule has 2 heteroatoms. The predicted molar refractivity (Wildman–Crippen MR) is 94.7 cm³/mol. The largest absolute Gasteiger partial charge is 0.376 e. The van der Waals surface area contributed by atoms with Crippen molar-refractivity contribution < 1.29 is 4.74 Å². The lowest BCUT2D eigenvalue weighted by atomic mass is 9.87. The Hall–Kier alpha value is 0.180. The molecule has 1 nitrogen and oxygen atoms in total. The molecule has 4 unspecified atom stereocenters. The van der Waals surface area contributed by atoms with Gasteiger partial charge in [0.25, 0.3) is 0 Å². The van der Waals surface area contributed by atoms with Gasteiger partial charge >= 0.3 is 0 Å². The highest BCUT2D eigenvalue weighted by atomic mass is 32.2. The molecule has 0 aromatic heterocycles. The van der Waals surface area contributed by atoms with Gasteiger partial charge in [-0.15, -0.1) is 0 Å². The second kappa shape index (κ2) is 8.72. The third-order valence-corrected chi connectivity index (χ3v) is 6.46. The van der Waals surface area contributed by atoms with Crippen LogP contribution in [0, 0.1) is 18.3 Å². The lowest BCUT2D eigenvalue weighted by Crippen LogP contribution is -2.29. The molecular weight excluding hydrogens is 276 g/mol. The molecule has 0 saturated carbocycles. The van der Waals surface area contributed by atoms with E-state index in [0.717, 1.165) is 22.3 Å². The second-order valence-electron chi connectivity index (χ2n) is 7.63. The van der Waals surface area contributed by atoms with Crippen LogP contribution in [0.2, 0.25) is 0 Å². The standard InChI is InChI=1S/C19H35OS/c1-14-10-18(11-15(2)20-14)8-6-5-7-9-19-12-16(3)21-17(4)13-19/h5,14-19H,6-13H2,1-4H3/q+1. The van der Waals surface area contributed by atoms with Crippen molar-refractivity contribution in [1.29, 1.82) is 0 Å². The van der Waals surface area contributed by atoms with E-state index in [1.54, 1.807) is 0 Å². The van der Waals surface area contributed by atoms with Crippen molar-refractivity contribution in [2.24, 2.45) is 11.8 Å². The van der Waals surface area contributed by atoms with Gasteiger partial charge in [-0.3, -0.25) is 0 Å². The Morgan fingerprint density at radius 3 is 1.81 bits per heavy atom. The maximum atomic E-state index is 5.83. The van der Waals surface area contributed by atoms with Crippen molar-refractivity contribution in [2.75, 3.05) is 0 Å². The Bertz CT molecular complexity index is 245. The number of unbranched alkanes of at least 4 members (excludes halogenated alkanes) is 2. The highest BCUT2D eigenvalue weighted by molar-refractivity contribution is 8.00. The van der Waals surface area contributed by atoms with Crippen molar-refractivity contribution in [3.8, 4) is 0 Å². The molecule has 2 heterocycles. The number of hydrogen-bond acceptors (Lipinski definition) is 2. The SMILES string of the molecule is CC1CC(CC[CH+]CCC2CC(C)SC(C)C2)CC(C)O1. The minimum Gasteiger partial charge on any atom is -0.376 e. The van der Waals surface area contributed by atoms with Gasteiger partial charge in [0.15, 0.2) is 0 Å². The van der Waals surface area contributed by atoms with Crippen molar-refractivity contribution >= 4 is 11.8 Å². The average molecular weight is 312 g/mol. The van der Waals surface area contributed by atoms with Crippen LogP contribution in [0.15, 0.2) is 0 Å². The summed E-state index contributed by atoms with van der Waals surface area (Å²) in [6, 6.07) is 0. The molecule has 2 fully saturated rings. The molecule has 0 spiro atoms. The highest BCUT2D eigenvalue weighted by Crippen LogP contribution is 2.37. The summed E-state index contributed by atoms with van der Waals surface area (Å²) < 4.78 is 5.83. The summed E-state index contributed by atoms with van der Waals surface area (Å²) in [5, 5.41) is 1.76. The quantitative estimate of drug-likeness (QED) is 0.448. The smallest absolute Gasteiger partial charge is 0.0878 e. The van der Waals surface area contributed by atoms with Gasteiger partial charge in [0, 0.05) is 10.5 Å². The Balaban J connectivity index is 1.53. The van der Waals surface area contributed by atoms with Gasteiger partial charge in [0.2, 0.25) is 0 Å². The molecule has 2 aliphatic heterocycles. The minimum absolute atomic E-state index is 0.474. The summed E-state index contributed by atoms with van der Waals surface area (Å²) in [5.41, 5.74) is 0. The summed E-state index contributed by atoms with van der Waals surface area (Å²) in [5.74, 6) is 1.88. The molecule has 0 bridgehead atoms. The normalized spacial score (nSPS) is 41.0.